The van der Waals surface area contributed by atoms with Crippen molar-refractivity contribution < 1.29 is 13.3 Å². The summed E-state index contributed by atoms with van der Waals surface area (Å²) in [7, 11) is -3.86. The van der Waals surface area contributed by atoms with E-state index in [2.05, 4.69) is 0 Å². The number of halogens is 1. The molecular weight excluding hydrogens is 202 g/mol. The maximum atomic E-state index is 13.4. The molecular formula is C10H22FO2P. The van der Waals surface area contributed by atoms with Gasteiger partial charge in [0.05, 0.1) is 12.3 Å². The molecule has 0 radical (unpaired) electrons. The molecule has 0 aliphatic heterocycles. The van der Waals surface area contributed by atoms with Crippen LogP contribution in [0.4, 0.5) is 4.20 Å². The molecule has 0 saturated carbocycles. The van der Waals surface area contributed by atoms with E-state index >= 15 is 0 Å². The van der Waals surface area contributed by atoms with Crippen LogP contribution in [0.25, 0.3) is 0 Å². The first-order valence-electron chi connectivity index (χ1n) is 5.27. The van der Waals surface area contributed by atoms with Crippen LogP contribution in [-0.2, 0) is 9.09 Å². The zero-order chi connectivity index (χ0) is 11.4. The number of hydrogen-bond acceptors (Lipinski definition) is 2. The van der Waals surface area contributed by atoms with Gasteiger partial charge in [0.15, 0.2) is 0 Å². The molecule has 4 heteroatoms. The molecule has 86 valence electrons. The van der Waals surface area contributed by atoms with Crippen molar-refractivity contribution in [3.8, 4) is 0 Å². The van der Waals surface area contributed by atoms with Gasteiger partial charge in [-0.05, 0) is 18.3 Å². The summed E-state index contributed by atoms with van der Waals surface area (Å²) in [5, 5.41) is 0. The average molecular weight is 224 g/mol. The highest BCUT2D eigenvalue weighted by molar-refractivity contribution is 7.53. The molecule has 14 heavy (non-hydrogen) atoms. The highest BCUT2D eigenvalue weighted by Gasteiger charge is 2.29. The molecule has 1 atom stereocenters. The Morgan fingerprint density at radius 2 is 1.64 bits per heavy atom. The molecule has 0 aromatic rings. The molecule has 0 saturated heterocycles. The Morgan fingerprint density at radius 3 is 1.93 bits per heavy atom. The van der Waals surface area contributed by atoms with Gasteiger partial charge in [-0.25, -0.2) is 0 Å². The Bertz CT molecular complexity index is 196. The Hall–Kier alpha value is 0.120. The minimum absolute atomic E-state index is 0.0307. The minimum Gasteiger partial charge on any atom is -0.302 e. The topological polar surface area (TPSA) is 26.3 Å². The van der Waals surface area contributed by atoms with Crippen LogP contribution in [0, 0.1) is 11.8 Å². The summed E-state index contributed by atoms with van der Waals surface area (Å²) < 4.78 is 29.8. The third-order valence-corrected chi connectivity index (χ3v) is 3.62. The van der Waals surface area contributed by atoms with Gasteiger partial charge in [-0.15, -0.1) is 0 Å². The molecule has 0 aromatic carbocycles. The lowest BCUT2D eigenvalue weighted by Crippen LogP contribution is -2.24. The van der Waals surface area contributed by atoms with Crippen molar-refractivity contribution in [3.05, 3.63) is 0 Å². The summed E-state index contributed by atoms with van der Waals surface area (Å²) in [4.78, 5) is 0. The van der Waals surface area contributed by atoms with Gasteiger partial charge in [-0.1, -0.05) is 34.6 Å². The second-order valence-electron chi connectivity index (χ2n) is 4.37. The fourth-order valence-corrected chi connectivity index (χ4v) is 3.00. The van der Waals surface area contributed by atoms with Crippen LogP contribution in [0.2, 0.25) is 0 Å². The second-order valence-corrected chi connectivity index (χ2v) is 6.21. The van der Waals surface area contributed by atoms with Gasteiger partial charge in [-0.3, -0.25) is 4.57 Å². The van der Waals surface area contributed by atoms with Gasteiger partial charge >= 0.3 is 7.68 Å². The maximum Gasteiger partial charge on any atom is 0.367 e. The normalized spacial score (nSPS) is 16.6. The van der Waals surface area contributed by atoms with Gasteiger partial charge < -0.3 is 4.52 Å². The molecule has 0 rings (SSSR count). The van der Waals surface area contributed by atoms with Gasteiger partial charge in [0.2, 0.25) is 0 Å². The van der Waals surface area contributed by atoms with Crippen LogP contribution in [0.3, 0.4) is 0 Å². The van der Waals surface area contributed by atoms with E-state index in [1.807, 2.05) is 27.7 Å². The van der Waals surface area contributed by atoms with Gasteiger partial charge in [0.25, 0.3) is 0 Å². The molecule has 0 bridgehead atoms. The summed E-state index contributed by atoms with van der Waals surface area (Å²) in [6.45, 7) is 9.62. The van der Waals surface area contributed by atoms with E-state index in [4.69, 9.17) is 4.52 Å². The molecule has 0 aliphatic rings. The maximum absolute atomic E-state index is 13.4. The van der Waals surface area contributed by atoms with Crippen molar-refractivity contribution in [1.82, 2.24) is 0 Å². The summed E-state index contributed by atoms with van der Waals surface area (Å²) in [5.74, 6) is 0.381. The van der Waals surface area contributed by atoms with E-state index in [9.17, 15) is 8.76 Å². The van der Waals surface area contributed by atoms with E-state index in [-0.39, 0.29) is 24.1 Å². The summed E-state index contributed by atoms with van der Waals surface area (Å²) in [6.07, 6.45) is 0.331. The Labute approximate surface area is 86.8 Å². The Balaban J connectivity index is 4.36. The molecule has 0 amide bonds. The lowest BCUT2D eigenvalue weighted by atomic mass is 9.97. The van der Waals surface area contributed by atoms with E-state index < -0.39 is 7.68 Å². The monoisotopic (exact) mass is 224 g/mol. The van der Waals surface area contributed by atoms with Crippen molar-refractivity contribution in [3.63, 3.8) is 0 Å². The molecule has 1 unspecified atom stereocenters. The van der Waals surface area contributed by atoms with E-state index in [1.54, 1.807) is 6.92 Å². The first kappa shape index (κ1) is 14.1. The minimum atomic E-state index is -3.86. The molecule has 2 nitrogen and oxygen atoms in total. The van der Waals surface area contributed by atoms with Crippen LogP contribution in [0.5, 0.6) is 0 Å². The van der Waals surface area contributed by atoms with Gasteiger partial charge in [-0.2, -0.15) is 4.20 Å². The first-order valence-corrected chi connectivity index (χ1v) is 6.97. The second kappa shape index (κ2) is 5.87. The fraction of sp³-hybridized carbons (Fsp3) is 1.00. The van der Waals surface area contributed by atoms with Crippen LogP contribution in [0.15, 0.2) is 0 Å². The summed E-state index contributed by atoms with van der Waals surface area (Å²) in [5.41, 5.74) is 0. The lowest BCUT2D eigenvalue weighted by Gasteiger charge is -2.26. The third kappa shape index (κ3) is 5.11. The van der Waals surface area contributed by atoms with E-state index in [1.165, 1.54) is 0 Å². The van der Waals surface area contributed by atoms with Crippen LogP contribution >= 0.6 is 7.68 Å². The lowest BCUT2D eigenvalue weighted by molar-refractivity contribution is 0.0983. The molecule has 0 spiro atoms. The number of hydrogen-bond donors (Lipinski definition) is 0. The molecule has 0 aromatic heterocycles. The highest BCUT2D eigenvalue weighted by Crippen LogP contribution is 2.51. The first-order chi connectivity index (χ1) is 6.30. The smallest absolute Gasteiger partial charge is 0.302 e. The van der Waals surface area contributed by atoms with E-state index in [0.717, 1.165) is 0 Å². The van der Waals surface area contributed by atoms with Crippen molar-refractivity contribution in [2.75, 3.05) is 6.16 Å². The quantitative estimate of drug-likeness (QED) is 0.630. The highest BCUT2D eigenvalue weighted by atomic mass is 31.2. The predicted molar refractivity (Wildman–Crippen MR) is 58.4 cm³/mol. The largest absolute Gasteiger partial charge is 0.367 e. The molecule has 0 heterocycles. The Morgan fingerprint density at radius 1 is 1.21 bits per heavy atom. The average Bonchev–Trinajstić information content (AvgIpc) is 1.99. The standard InChI is InChI=1S/C10H22FO2P/c1-6-7-14(11,12)13-10(8(2)3)9(4)5/h8-10H,6-7H2,1-5H3. The molecule has 0 fully saturated rings. The zero-order valence-electron chi connectivity index (χ0n) is 9.79. The fourth-order valence-electron chi connectivity index (χ4n) is 1.51. The molecule has 0 aliphatic carbocycles. The van der Waals surface area contributed by atoms with Crippen molar-refractivity contribution in [1.29, 1.82) is 0 Å². The predicted octanol–water partition coefficient (Wildman–Crippen LogP) is 4.26. The zero-order valence-corrected chi connectivity index (χ0v) is 10.7. The van der Waals surface area contributed by atoms with E-state index in [0.29, 0.717) is 6.42 Å². The Kier molecular flexibility index (Phi) is 5.92. The molecule has 0 N–H and O–H groups in total. The van der Waals surface area contributed by atoms with Crippen LogP contribution in [0.1, 0.15) is 41.0 Å². The van der Waals surface area contributed by atoms with Crippen molar-refractivity contribution in [2.45, 2.75) is 47.1 Å². The van der Waals surface area contributed by atoms with Crippen LogP contribution in [-0.4, -0.2) is 12.3 Å². The van der Waals surface area contributed by atoms with Crippen molar-refractivity contribution >= 4 is 7.68 Å². The summed E-state index contributed by atoms with van der Waals surface area (Å²) in [6, 6.07) is 0. The van der Waals surface area contributed by atoms with Gasteiger partial charge in [0.1, 0.15) is 0 Å². The SMILES string of the molecule is CCCP(=O)(F)OC(C(C)C)C(C)C. The summed E-state index contributed by atoms with van der Waals surface area (Å²) >= 11 is 0. The third-order valence-electron chi connectivity index (χ3n) is 2.08. The van der Waals surface area contributed by atoms with Gasteiger partial charge in [0, 0.05) is 0 Å². The van der Waals surface area contributed by atoms with Crippen molar-refractivity contribution in [2.24, 2.45) is 11.8 Å². The van der Waals surface area contributed by atoms with Crippen LogP contribution < -0.4 is 0 Å². The number of rotatable bonds is 6.